The van der Waals surface area contributed by atoms with Crippen LogP contribution in [-0.4, -0.2) is 6.10 Å². The largest absolute Gasteiger partial charge is 0.336 e. The van der Waals surface area contributed by atoms with Gasteiger partial charge >= 0.3 is 0 Å². The fraction of sp³-hybridized carbons (Fsp3) is 0.600. The maximum atomic E-state index is 5.37. The Balaban J connectivity index is 1.97. The third-order valence-corrected chi connectivity index (χ3v) is 3.76. The Hall–Kier alpha value is -0.540. The molecule has 70 valence electrons. The minimum Gasteiger partial charge on any atom is -0.336 e. The van der Waals surface area contributed by atoms with E-state index in [1.54, 1.807) is 11.3 Å². The van der Waals surface area contributed by atoms with Crippen molar-refractivity contribution in [2.24, 2.45) is 0 Å². The van der Waals surface area contributed by atoms with E-state index in [0.29, 0.717) is 12.0 Å². The zero-order valence-corrected chi connectivity index (χ0v) is 8.18. The molecule has 1 aromatic heterocycles. The summed E-state index contributed by atoms with van der Waals surface area (Å²) >= 11 is 1.71. The minimum atomic E-state index is 0.316. The van der Waals surface area contributed by atoms with E-state index in [1.807, 2.05) is 5.38 Å². The Kier molecular flexibility index (Phi) is 1.80. The van der Waals surface area contributed by atoms with Gasteiger partial charge in [0.1, 0.15) is 6.10 Å². The molecule has 0 saturated heterocycles. The molecule has 0 bridgehead atoms. The van der Waals surface area contributed by atoms with Crippen LogP contribution < -0.4 is 4.89 Å². The number of hydrogen-bond donors (Lipinski definition) is 0. The van der Waals surface area contributed by atoms with Gasteiger partial charge in [-0.1, -0.05) is 12.8 Å². The molecule has 1 aliphatic heterocycles. The molecule has 2 unspecified atom stereocenters. The monoisotopic (exact) mass is 196 g/mol. The fourth-order valence-electron chi connectivity index (χ4n) is 2.31. The van der Waals surface area contributed by atoms with Gasteiger partial charge in [-0.25, -0.2) is 0 Å². The summed E-state index contributed by atoms with van der Waals surface area (Å²) in [6.07, 6.45) is 5.34. The lowest BCUT2D eigenvalue weighted by molar-refractivity contribution is -0.267. The van der Waals surface area contributed by atoms with Gasteiger partial charge in [-0.2, -0.15) is 4.89 Å². The van der Waals surface area contributed by atoms with Crippen molar-refractivity contribution < 1.29 is 9.78 Å². The molecule has 1 fully saturated rings. The van der Waals surface area contributed by atoms with Gasteiger partial charge in [0.2, 0.25) is 0 Å². The number of thiophene rings is 1. The molecule has 1 aromatic rings. The Bertz CT molecular complexity index is 308. The second kappa shape index (κ2) is 3.00. The highest BCUT2D eigenvalue weighted by atomic mass is 32.1. The predicted molar refractivity (Wildman–Crippen MR) is 51.0 cm³/mol. The lowest BCUT2D eigenvalue weighted by Crippen LogP contribution is -2.30. The van der Waals surface area contributed by atoms with Gasteiger partial charge in [0.25, 0.3) is 0 Å². The highest BCUT2D eigenvalue weighted by Crippen LogP contribution is 2.44. The molecule has 0 aromatic carbocycles. The Morgan fingerprint density at radius 1 is 1.23 bits per heavy atom. The molecule has 2 heterocycles. The molecule has 3 heteroatoms. The van der Waals surface area contributed by atoms with Crippen LogP contribution in [0.1, 0.15) is 37.2 Å². The van der Waals surface area contributed by atoms with Gasteiger partial charge in [-0.3, -0.25) is 0 Å². The van der Waals surface area contributed by atoms with Crippen molar-refractivity contribution >= 4 is 11.3 Å². The van der Waals surface area contributed by atoms with Crippen LogP contribution in [0.4, 0.5) is 0 Å². The topological polar surface area (TPSA) is 18.5 Å². The standard InChI is InChI=1S/C10H12O2S/c1-2-4-9-7(3-1)8-5-13-6-10(8)12-11-9/h5-7,9H,1-4H2. The molecule has 13 heavy (non-hydrogen) atoms. The summed E-state index contributed by atoms with van der Waals surface area (Å²) in [6.45, 7) is 0. The Morgan fingerprint density at radius 3 is 3.15 bits per heavy atom. The van der Waals surface area contributed by atoms with Gasteiger partial charge < -0.3 is 4.89 Å². The molecule has 2 atom stereocenters. The minimum absolute atomic E-state index is 0.316. The van der Waals surface area contributed by atoms with Crippen LogP contribution in [-0.2, 0) is 4.89 Å². The van der Waals surface area contributed by atoms with E-state index in [2.05, 4.69) is 5.38 Å². The average Bonchev–Trinajstić information content (AvgIpc) is 2.65. The first-order valence-electron chi connectivity index (χ1n) is 4.84. The van der Waals surface area contributed by atoms with E-state index < -0.39 is 0 Å². The molecule has 3 rings (SSSR count). The van der Waals surface area contributed by atoms with E-state index in [4.69, 9.17) is 9.78 Å². The van der Waals surface area contributed by atoms with E-state index in [9.17, 15) is 0 Å². The zero-order chi connectivity index (χ0) is 8.67. The van der Waals surface area contributed by atoms with Crippen LogP contribution in [0.5, 0.6) is 5.75 Å². The summed E-state index contributed by atoms with van der Waals surface area (Å²) in [5.41, 5.74) is 1.38. The summed E-state index contributed by atoms with van der Waals surface area (Å²) in [4.78, 5) is 10.6. The van der Waals surface area contributed by atoms with Crippen molar-refractivity contribution in [3.8, 4) is 5.75 Å². The quantitative estimate of drug-likeness (QED) is 0.594. The van der Waals surface area contributed by atoms with E-state index in [-0.39, 0.29) is 0 Å². The van der Waals surface area contributed by atoms with Gasteiger partial charge in [0.15, 0.2) is 5.75 Å². The first kappa shape index (κ1) is 7.83. The summed E-state index contributed by atoms with van der Waals surface area (Å²) in [7, 11) is 0. The van der Waals surface area contributed by atoms with Crippen molar-refractivity contribution in [1.29, 1.82) is 0 Å². The van der Waals surface area contributed by atoms with Gasteiger partial charge in [0, 0.05) is 16.9 Å². The summed E-state index contributed by atoms with van der Waals surface area (Å²) in [5, 5.41) is 4.24. The zero-order valence-electron chi connectivity index (χ0n) is 7.36. The van der Waals surface area contributed by atoms with Gasteiger partial charge in [-0.15, -0.1) is 11.3 Å². The second-order valence-corrected chi connectivity index (χ2v) is 4.54. The van der Waals surface area contributed by atoms with E-state index in [1.165, 1.54) is 24.8 Å². The van der Waals surface area contributed by atoms with Crippen LogP contribution >= 0.6 is 11.3 Å². The van der Waals surface area contributed by atoms with Crippen molar-refractivity contribution in [3.05, 3.63) is 16.3 Å². The van der Waals surface area contributed by atoms with E-state index >= 15 is 0 Å². The first-order valence-corrected chi connectivity index (χ1v) is 5.79. The molecule has 0 radical (unpaired) electrons. The highest BCUT2D eigenvalue weighted by molar-refractivity contribution is 7.08. The maximum Gasteiger partial charge on any atom is 0.179 e. The summed E-state index contributed by atoms with van der Waals surface area (Å²) in [5.74, 6) is 1.55. The Morgan fingerprint density at radius 2 is 2.15 bits per heavy atom. The van der Waals surface area contributed by atoms with Crippen LogP contribution in [0, 0.1) is 0 Å². The fourth-order valence-corrected chi connectivity index (χ4v) is 3.12. The molecule has 2 aliphatic rings. The smallest absolute Gasteiger partial charge is 0.179 e. The third kappa shape index (κ3) is 1.18. The SMILES string of the molecule is c1scc2c1OOC1CCCCC21. The first-order chi connectivity index (χ1) is 6.45. The molecule has 0 spiro atoms. The molecule has 0 N–H and O–H groups in total. The number of fused-ring (bicyclic) bond motifs is 3. The third-order valence-electron chi connectivity index (χ3n) is 3.02. The maximum absolute atomic E-state index is 5.37. The lowest BCUT2D eigenvalue weighted by atomic mass is 9.82. The van der Waals surface area contributed by atoms with Crippen molar-refractivity contribution in [2.75, 3.05) is 0 Å². The van der Waals surface area contributed by atoms with Gasteiger partial charge in [-0.05, 0) is 18.2 Å². The van der Waals surface area contributed by atoms with Crippen molar-refractivity contribution in [2.45, 2.75) is 37.7 Å². The molecule has 2 nitrogen and oxygen atoms in total. The highest BCUT2D eigenvalue weighted by Gasteiger charge is 2.34. The molecule has 0 amide bonds. The molecular weight excluding hydrogens is 184 g/mol. The number of rotatable bonds is 0. The van der Waals surface area contributed by atoms with Gasteiger partial charge in [0.05, 0.1) is 0 Å². The van der Waals surface area contributed by atoms with E-state index in [0.717, 1.165) is 12.2 Å². The van der Waals surface area contributed by atoms with Crippen LogP contribution in [0.25, 0.3) is 0 Å². The predicted octanol–water partition coefficient (Wildman–Crippen LogP) is 3.10. The normalized spacial score (nSPS) is 31.7. The second-order valence-electron chi connectivity index (χ2n) is 3.80. The lowest BCUT2D eigenvalue weighted by Gasteiger charge is -2.33. The molecule has 1 saturated carbocycles. The van der Waals surface area contributed by atoms with Crippen LogP contribution in [0.15, 0.2) is 10.8 Å². The molecule has 1 aliphatic carbocycles. The van der Waals surface area contributed by atoms with Crippen molar-refractivity contribution in [3.63, 3.8) is 0 Å². The number of hydrogen-bond acceptors (Lipinski definition) is 3. The average molecular weight is 196 g/mol. The van der Waals surface area contributed by atoms with Crippen molar-refractivity contribution in [1.82, 2.24) is 0 Å². The molecular formula is C10H12O2S. The summed E-state index contributed by atoms with van der Waals surface area (Å²) in [6, 6.07) is 0. The van der Waals surface area contributed by atoms with Crippen LogP contribution in [0.2, 0.25) is 0 Å². The van der Waals surface area contributed by atoms with Crippen LogP contribution in [0.3, 0.4) is 0 Å². The Labute approximate surface area is 81.4 Å². The summed E-state index contributed by atoms with van der Waals surface area (Å²) < 4.78 is 0.